The minimum Gasteiger partial charge on any atom is -0.302 e. The number of amides is 1. The van der Waals surface area contributed by atoms with Crippen LogP contribution in [0.15, 0.2) is 53.0 Å². The molecule has 0 saturated carbocycles. The minimum atomic E-state index is -0.0744. The molecule has 2 aromatic heterocycles. The predicted molar refractivity (Wildman–Crippen MR) is 116 cm³/mol. The number of fused-ring (bicyclic) bond motifs is 1. The van der Waals surface area contributed by atoms with Gasteiger partial charge in [0.2, 0.25) is 5.91 Å². The number of rotatable bonds is 6. The Bertz CT molecular complexity index is 1030. The van der Waals surface area contributed by atoms with Gasteiger partial charge in [-0.2, -0.15) is 5.26 Å². The lowest BCUT2D eigenvalue weighted by Crippen LogP contribution is -2.15. The summed E-state index contributed by atoms with van der Waals surface area (Å²) < 4.78 is 0. The Balaban J connectivity index is 1.40. The lowest BCUT2D eigenvalue weighted by molar-refractivity contribution is -0.115. The fourth-order valence-corrected chi connectivity index (χ4v) is 5.01. The molecule has 0 fully saturated rings. The van der Waals surface area contributed by atoms with Gasteiger partial charge in [-0.3, -0.25) is 4.79 Å². The smallest absolute Gasteiger partial charge is 0.226 e. The third-order valence-electron chi connectivity index (χ3n) is 4.99. The van der Waals surface area contributed by atoms with E-state index < -0.39 is 0 Å². The van der Waals surface area contributed by atoms with E-state index in [4.69, 9.17) is 4.98 Å². The van der Waals surface area contributed by atoms with Crippen LogP contribution >= 0.6 is 23.1 Å². The van der Waals surface area contributed by atoms with Crippen molar-refractivity contribution < 1.29 is 4.79 Å². The number of carbonyl (C=O) groups excluding carboxylic acids is 1. The first kappa shape index (κ1) is 19.6. The second-order valence-corrected chi connectivity index (χ2v) is 8.87. The maximum atomic E-state index is 12.0. The van der Waals surface area contributed by atoms with Gasteiger partial charge < -0.3 is 5.32 Å². The molecule has 1 atom stereocenters. The number of pyridine rings is 1. The summed E-state index contributed by atoms with van der Waals surface area (Å²) in [6.45, 7) is 0. The number of aromatic nitrogens is 2. The molecule has 1 N–H and O–H groups in total. The number of hydrogen-bond acceptors (Lipinski definition) is 6. The Hall–Kier alpha value is -2.69. The Morgan fingerprint density at radius 1 is 1.34 bits per heavy atom. The SMILES string of the molecule is N#Cc1cc2c(nc1SCCC(=O)Nc1nccs1)CCC(c1ccccc1)C2. The highest BCUT2D eigenvalue weighted by Crippen LogP contribution is 2.34. The van der Waals surface area contributed by atoms with Gasteiger partial charge in [0.05, 0.1) is 5.56 Å². The summed E-state index contributed by atoms with van der Waals surface area (Å²) in [6, 6.07) is 14.8. The van der Waals surface area contributed by atoms with Gasteiger partial charge >= 0.3 is 0 Å². The molecule has 1 aliphatic rings. The fourth-order valence-electron chi connectivity index (χ4n) is 3.55. The number of hydrogen-bond donors (Lipinski definition) is 1. The van der Waals surface area contributed by atoms with Gasteiger partial charge in [0.1, 0.15) is 11.1 Å². The summed E-state index contributed by atoms with van der Waals surface area (Å²) >= 11 is 2.87. The third-order valence-corrected chi connectivity index (χ3v) is 6.67. The molecule has 5 nitrogen and oxygen atoms in total. The van der Waals surface area contributed by atoms with E-state index in [1.54, 1.807) is 6.20 Å². The zero-order valence-electron chi connectivity index (χ0n) is 15.8. The Labute approximate surface area is 178 Å². The zero-order valence-corrected chi connectivity index (χ0v) is 17.4. The molecule has 1 aromatic carbocycles. The maximum absolute atomic E-state index is 12.0. The third kappa shape index (κ3) is 4.84. The van der Waals surface area contributed by atoms with Crippen LogP contribution in [0.25, 0.3) is 0 Å². The summed E-state index contributed by atoms with van der Waals surface area (Å²) in [7, 11) is 0. The first-order chi connectivity index (χ1) is 14.2. The van der Waals surface area contributed by atoms with Crippen LogP contribution in [-0.4, -0.2) is 21.6 Å². The van der Waals surface area contributed by atoms with Crippen molar-refractivity contribution in [3.63, 3.8) is 0 Å². The van der Waals surface area contributed by atoms with Gasteiger partial charge in [-0.05, 0) is 42.4 Å². The van der Waals surface area contributed by atoms with Crippen molar-refractivity contribution in [1.29, 1.82) is 5.26 Å². The molecule has 1 aliphatic carbocycles. The van der Waals surface area contributed by atoms with Gasteiger partial charge in [0, 0.05) is 29.4 Å². The van der Waals surface area contributed by atoms with E-state index in [-0.39, 0.29) is 5.91 Å². The molecule has 0 aliphatic heterocycles. The summed E-state index contributed by atoms with van der Waals surface area (Å²) in [4.78, 5) is 20.8. The van der Waals surface area contributed by atoms with Crippen molar-refractivity contribution in [2.24, 2.45) is 0 Å². The van der Waals surface area contributed by atoms with E-state index in [0.29, 0.717) is 28.8 Å². The number of benzene rings is 1. The Morgan fingerprint density at radius 2 is 2.21 bits per heavy atom. The molecule has 0 spiro atoms. The second-order valence-electron chi connectivity index (χ2n) is 6.89. The number of thioether (sulfide) groups is 1. The van der Waals surface area contributed by atoms with Gasteiger partial charge in [0.15, 0.2) is 5.13 Å². The number of nitrogens with zero attached hydrogens (tertiary/aromatic N) is 3. The van der Waals surface area contributed by atoms with Crippen molar-refractivity contribution in [2.45, 2.75) is 36.6 Å². The van der Waals surface area contributed by atoms with Crippen LogP contribution in [0.1, 0.15) is 41.1 Å². The molecule has 0 radical (unpaired) electrons. The number of thiazole rings is 1. The van der Waals surface area contributed by atoms with E-state index in [0.717, 1.165) is 30.0 Å². The highest BCUT2D eigenvalue weighted by molar-refractivity contribution is 7.99. The number of nitrogens with one attached hydrogen (secondary N) is 1. The molecule has 2 heterocycles. The van der Waals surface area contributed by atoms with E-state index in [2.05, 4.69) is 40.6 Å². The van der Waals surface area contributed by atoms with Crippen LogP contribution in [0.4, 0.5) is 5.13 Å². The van der Waals surface area contributed by atoms with E-state index in [1.165, 1.54) is 34.2 Å². The number of nitriles is 1. The lowest BCUT2D eigenvalue weighted by atomic mass is 9.82. The van der Waals surface area contributed by atoms with Crippen LogP contribution in [0, 0.1) is 11.3 Å². The van der Waals surface area contributed by atoms with Crippen molar-refractivity contribution in [2.75, 3.05) is 11.1 Å². The second kappa shape index (κ2) is 9.21. The van der Waals surface area contributed by atoms with E-state index >= 15 is 0 Å². The van der Waals surface area contributed by atoms with Gasteiger partial charge in [-0.15, -0.1) is 23.1 Å². The van der Waals surface area contributed by atoms with Crippen molar-refractivity contribution in [3.8, 4) is 6.07 Å². The summed E-state index contributed by atoms with van der Waals surface area (Å²) in [5.74, 6) is 0.976. The van der Waals surface area contributed by atoms with Crippen LogP contribution in [0.5, 0.6) is 0 Å². The fraction of sp³-hybridized carbons (Fsp3) is 0.273. The molecule has 0 saturated heterocycles. The number of aryl methyl sites for hydroxylation is 1. The lowest BCUT2D eigenvalue weighted by Gasteiger charge is -2.25. The Kier molecular flexibility index (Phi) is 6.23. The molecular formula is C22H20N4OS2. The van der Waals surface area contributed by atoms with Crippen LogP contribution < -0.4 is 5.32 Å². The first-order valence-corrected chi connectivity index (χ1v) is 11.4. The van der Waals surface area contributed by atoms with Crippen LogP contribution in [-0.2, 0) is 17.6 Å². The molecule has 1 unspecified atom stereocenters. The van der Waals surface area contributed by atoms with Gasteiger partial charge in [-0.25, -0.2) is 9.97 Å². The number of carbonyl (C=O) groups is 1. The van der Waals surface area contributed by atoms with Crippen molar-refractivity contribution >= 4 is 34.1 Å². The van der Waals surface area contributed by atoms with Crippen LogP contribution in [0.2, 0.25) is 0 Å². The van der Waals surface area contributed by atoms with E-state index in [1.807, 2.05) is 17.5 Å². The quantitative estimate of drug-likeness (QED) is 0.579. The molecule has 146 valence electrons. The average molecular weight is 421 g/mol. The number of anilines is 1. The van der Waals surface area contributed by atoms with Crippen LogP contribution in [0.3, 0.4) is 0 Å². The largest absolute Gasteiger partial charge is 0.302 e. The predicted octanol–water partition coefficient (Wildman–Crippen LogP) is 4.80. The Morgan fingerprint density at radius 3 is 2.97 bits per heavy atom. The minimum absolute atomic E-state index is 0.0744. The highest BCUT2D eigenvalue weighted by Gasteiger charge is 2.23. The highest BCUT2D eigenvalue weighted by atomic mass is 32.2. The molecule has 4 rings (SSSR count). The monoisotopic (exact) mass is 420 g/mol. The normalized spacial score (nSPS) is 15.3. The van der Waals surface area contributed by atoms with Crippen molar-refractivity contribution in [3.05, 3.63) is 70.4 Å². The van der Waals surface area contributed by atoms with Crippen molar-refractivity contribution in [1.82, 2.24) is 9.97 Å². The average Bonchev–Trinajstić information content (AvgIpc) is 3.26. The molecule has 3 aromatic rings. The topological polar surface area (TPSA) is 78.7 Å². The van der Waals surface area contributed by atoms with Gasteiger partial charge in [-0.1, -0.05) is 30.3 Å². The first-order valence-electron chi connectivity index (χ1n) is 9.53. The molecule has 29 heavy (non-hydrogen) atoms. The molecular weight excluding hydrogens is 400 g/mol. The molecule has 1 amide bonds. The molecule has 7 heteroatoms. The van der Waals surface area contributed by atoms with E-state index in [9.17, 15) is 10.1 Å². The summed E-state index contributed by atoms with van der Waals surface area (Å²) in [5.41, 5.74) is 4.21. The molecule has 0 bridgehead atoms. The summed E-state index contributed by atoms with van der Waals surface area (Å²) in [5, 5.41) is 15.5. The standard InChI is InChI=1S/C22H20N4OS2/c23-14-18-13-17-12-16(15-4-2-1-3-5-15)6-7-19(17)25-21(18)28-10-8-20(27)26-22-24-9-11-29-22/h1-5,9,11,13,16H,6-8,10,12H2,(H,24,26,27). The summed E-state index contributed by atoms with van der Waals surface area (Å²) in [6.07, 6.45) is 4.91. The zero-order chi connectivity index (χ0) is 20.1. The maximum Gasteiger partial charge on any atom is 0.226 e. The van der Waals surface area contributed by atoms with Gasteiger partial charge in [0.25, 0.3) is 0 Å².